The van der Waals surface area contributed by atoms with Crippen molar-refractivity contribution in [3.63, 3.8) is 0 Å². The summed E-state index contributed by atoms with van der Waals surface area (Å²) in [7, 11) is 1.62. The van der Waals surface area contributed by atoms with Crippen molar-refractivity contribution in [3.8, 4) is 5.75 Å². The first-order valence-electron chi connectivity index (χ1n) is 7.05. The molecule has 1 aromatic heterocycles. The third kappa shape index (κ3) is 4.30. The molecule has 2 aromatic rings. The van der Waals surface area contributed by atoms with Gasteiger partial charge in [0.1, 0.15) is 11.4 Å². The highest BCUT2D eigenvalue weighted by molar-refractivity contribution is 5.30. The summed E-state index contributed by atoms with van der Waals surface area (Å²) in [6.07, 6.45) is 2.55. The predicted octanol–water partition coefficient (Wildman–Crippen LogP) is 1.98. The smallest absolute Gasteiger partial charge is 0.274 e. The van der Waals surface area contributed by atoms with Crippen LogP contribution in [0.1, 0.15) is 31.0 Å². The summed E-state index contributed by atoms with van der Waals surface area (Å²) in [5, 5.41) is 11.1. The van der Waals surface area contributed by atoms with Crippen molar-refractivity contribution >= 4 is 5.95 Å². The van der Waals surface area contributed by atoms with Crippen LogP contribution in [0.25, 0.3) is 0 Å². The molecule has 0 unspecified atom stereocenters. The first kappa shape index (κ1) is 15.0. The van der Waals surface area contributed by atoms with Gasteiger partial charge < -0.3 is 10.1 Å². The number of H-pyrrole nitrogens is 1. The second-order valence-electron chi connectivity index (χ2n) is 4.75. The molecule has 1 heterocycles. The zero-order valence-electron chi connectivity index (χ0n) is 12.3. The van der Waals surface area contributed by atoms with Crippen molar-refractivity contribution in [3.05, 3.63) is 45.9 Å². The number of nitrogens with one attached hydrogen (secondary N) is 2. The third-order valence-electron chi connectivity index (χ3n) is 3.12. The van der Waals surface area contributed by atoms with Crippen LogP contribution in [0.5, 0.6) is 5.75 Å². The number of hydrogen-bond donors (Lipinski definition) is 2. The molecule has 0 aliphatic rings. The number of anilines is 1. The average Bonchev–Trinajstić information content (AvgIpc) is 2.51. The maximum absolute atomic E-state index is 12.0. The van der Waals surface area contributed by atoms with Gasteiger partial charge in [0.25, 0.3) is 5.56 Å². The summed E-state index contributed by atoms with van der Waals surface area (Å²) in [5.74, 6) is 1.21. The molecule has 2 N–H and O–H groups in total. The van der Waals surface area contributed by atoms with E-state index in [0.717, 1.165) is 30.7 Å². The number of nitrogens with zero attached hydrogens (tertiary/aromatic N) is 2. The molecule has 112 valence electrons. The zero-order chi connectivity index (χ0) is 15.1. The highest BCUT2D eigenvalue weighted by atomic mass is 16.5. The highest BCUT2D eigenvalue weighted by Gasteiger charge is 2.06. The Labute approximate surface area is 123 Å². The molecule has 0 atom stereocenters. The van der Waals surface area contributed by atoms with Crippen LogP contribution in [0.2, 0.25) is 0 Å². The van der Waals surface area contributed by atoms with Crippen molar-refractivity contribution in [1.29, 1.82) is 0 Å². The van der Waals surface area contributed by atoms with Crippen LogP contribution >= 0.6 is 0 Å². The lowest BCUT2D eigenvalue weighted by Gasteiger charge is -2.05. The molecule has 0 aliphatic heterocycles. The van der Waals surface area contributed by atoms with Gasteiger partial charge in [0.2, 0.25) is 5.95 Å². The Morgan fingerprint density at radius 1 is 1.24 bits per heavy atom. The number of benzene rings is 1. The molecular formula is C15H20N4O2. The average molecular weight is 288 g/mol. The maximum atomic E-state index is 12.0. The lowest BCUT2D eigenvalue weighted by Crippen LogP contribution is -2.20. The standard InChI is InChI=1S/C15H20N4O2/c1-3-4-9-16-15-17-14(20)13(18-19-15)10-11-5-7-12(21-2)8-6-11/h5-8H,3-4,9-10H2,1-2H3,(H2,16,17,19,20). The van der Waals surface area contributed by atoms with Gasteiger partial charge in [-0.1, -0.05) is 25.5 Å². The van der Waals surface area contributed by atoms with E-state index in [-0.39, 0.29) is 5.56 Å². The van der Waals surface area contributed by atoms with E-state index in [1.165, 1.54) is 0 Å². The van der Waals surface area contributed by atoms with Crippen molar-refractivity contribution in [2.45, 2.75) is 26.2 Å². The molecule has 0 aliphatic carbocycles. The van der Waals surface area contributed by atoms with Crippen LogP contribution in [0.4, 0.5) is 5.95 Å². The van der Waals surface area contributed by atoms with E-state index in [0.29, 0.717) is 18.1 Å². The van der Waals surface area contributed by atoms with Crippen molar-refractivity contribution in [1.82, 2.24) is 15.2 Å². The number of methoxy groups -OCH3 is 1. The summed E-state index contributed by atoms with van der Waals surface area (Å²) in [6, 6.07) is 7.54. The Hall–Kier alpha value is -2.37. The molecule has 0 spiro atoms. The summed E-state index contributed by atoms with van der Waals surface area (Å²) >= 11 is 0. The molecule has 0 amide bonds. The first-order chi connectivity index (χ1) is 10.2. The number of rotatable bonds is 7. The quantitative estimate of drug-likeness (QED) is 0.761. The minimum Gasteiger partial charge on any atom is -0.497 e. The van der Waals surface area contributed by atoms with E-state index in [9.17, 15) is 4.79 Å². The topological polar surface area (TPSA) is 79.9 Å². The van der Waals surface area contributed by atoms with Gasteiger partial charge >= 0.3 is 0 Å². The van der Waals surface area contributed by atoms with Gasteiger partial charge in [-0.25, -0.2) is 0 Å². The van der Waals surface area contributed by atoms with E-state index >= 15 is 0 Å². The van der Waals surface area contributed by atoms with Crippen LogP contribution in [-0.4, -0.2) is 28.8 Å². The van der Waals surface area contributed by atoms with Crippen LogP contribution in [-0.2, 0) is 6.42 Å². The molecule has 2 rings (SSSR count). The van der Waals surface area contributed by atoms with Gasteiger partial charge in [-0.2, -0.15) is 0 Å². The van der Waals surface area contributed by atoms with Gasteiger partial charge in [-0.05, 0) is 24.1 Å². The summed E-state index contributed by atoms with van der Waals surface area (Å²) < 4.78 is 5.10. The largest absolute Gasteiger partial charge is 0.497 e. The molecule has 6 heteroatoms. The van der Waals surface area contributed by atoms with Gasteiger partial charge in [-0.3, -0.25) is 9.78 Å². The van der Waals surface area contributed by atoms with E-state index in [1.807, 2.05) is 24.3 Å². The Bertz CT molecular complexity index is 622. The van der Waals surface area contributed by atoms with Gasteiger partial charge in [0.05, 0.1) is 7.11 Å². The van der Waals surface area contributed by atoms with Crippen molar-refractivity contribution < 1.29 is 4.74 Å². The SMILES string of the molecule is CCCCNc1nnc(Cc2ccc(OC)cc2)c(=O)[nH]1. The number of aromatic amines is 1. The zero-order valence-corrected chi connectivity index (χ0v) is 12.3. The Morgan fingerprint density at radius 3 is 2.62 bits per heavy atom. The first-order valence-corrected chi connectivity index (χ1v) is 7.05. The van der Waals surface area contributed by atoms with Crippen molar-refractivity contribution in [2.75, 3.05) is 19.0 Å². The Balaban J connectivity index is 2.04. The van der Waals surface area contributed by atoms with Crippen LogP contribution in [0.15, 0.2) is 29.1 Å². The monoisotopic (exact) mass is 288 g/mol. The predicted molar refractivity (Wildman–Crippen MR) is 81.9 cm³/mol. The van der Waals surface area contributed by atoms with E-state index in [2.05, 4.69) is 27.4 Å². The van der Waals surface area contributed by atoms with Gasteiger partial charge in [-0.15, -0.1) is 10.2 Å². The molecule has 0 radical (unpaired) electrons. The molecule has 1 aromatic carbocycles. The molecule has 0 saturated carbocycles. The Kier molecular flexibility index (Phi) is 5.31. The number of unbranched alkanes of at least 4 members (excludes halogenated alkanes) is 1. The number of aromatic nitrogens is 3. The third-order valence-corrected chi connectivity index (χ3v) is 3.12. The minimum atomic E-state index is -0.209. The lowest BCUT2D eigenvalue weighted by atomic mass is 10.1. The molecule has 0 saturated heterocycles. The molecule has 6 nitrogen and oxygen atoms in total. The molecule has 21 heavy (non-hydrogen) atoms. The second kappa shape index (κ2) is 7.42. The second-order valence-corrected chi connectivity index (χ2v) is 4.75. The minimum absolute atomic E-state index is 0.209. The van der Waals surface area contributed by atoms with Crippen LogP contribution < -0.4 is 15.6 Å². The highest BCUT2D eigenvalue weighted by Crippen LogP contribution is 2.12. The summed E-state index contributed by atoms with van der Waals surface area (Å²) in [4.78, 5) is 14.7. The fraction of sp³-hybridized carbons (Fsp3) is 0.400. The normalized spacial score (nSPS) is 10.4. The summed E-state index contributed by atoms with van der Waals surface area (Å²) in [5.41, 5.74) is 1.18. The number of ether oxygens (including phenoxy) is 1. The maximum Gasteiger partial charge on any atom is 0.274 e. The summed E-state index contributed by atoms with van der Waals surface area (Å²) in [6.45, 7) is 2.88. The van der Waals surface area contributed by atoms with Gasteiger partial charge in [0.15, 0.2) is 0 Å². The fourth-order valence-electron chi connectivity index (χ4n) is 1.88. The Morgan fingerprint density at radius 2 is 2.00 bits per heavy atom. The lowest BCUT2D eigenvalue weighted by molar-refractivity contribution is 0.414. The molecular weight excluding hydrogens is 268 g/mol. The van der Waals surface area contributed by atoms with E-state index in [1.54, 1.807) is 7.11 Å². The number of hydrogen-bond acceptors (Lipinski definition) is 5. The molecule has 0 bridgehead atoms. The van der Waals surface area contributed by atoms with Crippen LogP contribution in [0, 0.1) is 0 Å². The van der Waals surface area contributed by atoms with E-state index < -0.39 is 0 Å². The van der Waals surface area contributed by atoms with Crippen LogP contribution in [0.3, 0.4) is 0 Å². The molecule has 0 fully saturated rings. The van der Waals surface area contributed by atoms with Gasteiger partial charge in [0, 0.05) is 13.0 Å². The fourth-order valence-corrected chi connectivity index (χ4v) is 1.88. The van der Waals surface area contributed by atoms with E-state index in [4.69, 9.17) is 4.74 Å². The van der Waals surface area contributed by atoms with Crippen molar-refractivity contribution in [2.24, 2.45) is 0 Å².